The molecule has 1 aromatic rings. The molecular weight excluding hydrogens is 204 g/mol. The number of benzene rings is 1. The third-order valence-electron chi connectivity index (χ3n) is 4.09. The van der Waals surface area contributed by atoms with Crippen LogP contribution in [0.4, 0.5) is 0 Å². The fourth-order valence-corrected chi connectivity index (χ4v) is 2.59. The first-order valence-electron chi connectivity index (χ1n) is 6.14. The van der Waals surface area contributed by atoms with Crippen molar-refractivity contribution in [2.24, 2.45) is 5.41 Å². The first kappa shape index (κ1) is 11.9. The molecule has 2 unspecified atom stereocenters. The predicted octanol–water partition coefficient (Wildman–Crippen LogP) is 4.79. The summed E-state index contributed by atoms with van der Waals surface area (Å²) in [5, 5.41) is 0. The minimum absolute atomic E-state index is 0.0286. The quantitative estimate of drug-likeness (QED) is 0.634. The number of rotatable bonds is 2. The molecule has 0 heteroatoms. The van der Waals surface area contributed by atoms with Crippen molar-refractivity contribution in [1.82, 2.24) is 0 Å². The molecule has 0 saturated heterocycles. The molecule has 88 valence electrons. The van der Waals surface area contributed by atoms with E-state index in [9.17, 15) is 0 Å². The molecule has 17 heavy (non-hydrogen) atoms. The zero-order valence-electron chi connectivity index (χ0n) is 10.9. The van der Waals surface area contributed by atoms with E-state index in [2.05, 4.69) is 75.9 Å². The van der Waals surface area contributed by atoms with Gasteiger partial charge in [-0.05, 0) is 25.0 Å². The highest BCUT2D eigenvalue weighted by molar-refractivity contribution is 5.43. The Hall–Kier alpha value is -1.56. The van der Waals surface area contributed by atoms with Gasteiger partial charge in [0.05, 0.1) is 0 Å². The zero-order valence-corrected chi connectivity index (χ0v) is 10.9. The van der Waals surface area contributed by atoms with Crippen LogP contribution < -0.4 is 0 Å². The van der Waals surface area contributed by atoms with Gasteiger partial charge >= 0.3 is 0 Å². The lowest BCUT2D eigenvalue weighted by atomic mass is 9.66. The fraction of sp³-hybridized carbons (Fsp3) is 0.294. The molecule has 0 aromatic heterocycles. The van der Waals surface area contributed by atoms with Crippen LogP contribution in [0.15, 0.2) is 60.7 Å². The van der Waals surface area contributed by atoms with Crippen LogP contribution in [0.3, 0.4) is 0 Å². The maximum absolute atomic E-state index is 4.04. The molecule has 0 radical (unpaired) electrons. The largest absolute Gasteiger partial charge is 0.102 e. The second-order valence-electron chi connectivity index (χ2n) is 5.06. The van der Waals surface area contributed by atoms with Crippen LogP contribution >= 0.6 is 0 Å². The fourth-order valence-electron chi connectivity index (χ4n) is 2.59. The molecule has 1 aliphatic rings. The van der Waals surface area contributed by atoms with Crippen LogP contribution in [-0.2, 0) is 0 Å². The van der Waals surface area contributed by atoms with Gasteiger partial charge in [-0.25, -0.2) is 0 Å². The summed E-state index contributed by atoms with van der Waals surface area (Å²) in [5.41, 5.74) is 4.16. The molecule has 0 nitrogen and oxygen atoms in total. The first-order chi connectivity index (χ1) is 8.09. The number of hydrogen-bond acceptors (Lipinski definition) is 0. The summed E-state index contributed by atoms with van der Waals surface area (Å²) in [7, 11) is 0. The third kappa shape index (κ3) is 1.88. The molecule has 1 aromatic carbocycles. The summed E-state index contributed by atoms with van der Waals surface area (Å²) < 4.78 is 0. The average Bonchev–Trinajstić information content (AvgIpc) is 2.34. The second-order valence-corrected chi connectivity index (χ2v) is 5.06. The van der Waals surface area contributed by atoms with E-state index in [1.54, 1.807) is 0 Å². The first-order valence-corrected chi connectivity index (χ1v) is 6.14. The summed E-state index contributed by atoms with van der Waals surface area (Å²) >= 11 is 0. The van der Waals surface area contributed by atoms with E-state index in [1.165, 1.54) is 16.7 Å². The van der Waals surface area contributed by atoms with Gasteiger partial charge in [0.1, 0.15) is 0 Å². The van der Waals surface area contributed by atoms with Crippen molar-refractivity contribution >= 4 is 0 Å². The van der Waals surface area contributed by atoms with Gasteiger partial charge in [0, 0.05) is 11.3 Å². The highest BCUT2D eigenvalue weighted by atomic mass is 14.4. The van der Waals surface area contributed by atoms with Crippen molar-refractivity contribution in [3.63, 3.8) is 0 Å². The van der Waals surface area contributed by atoms with Crippen LogP contribution in [0.2, 0.25) is 0 Å². The van der Waals surface area contributed by atoms with Gasteiger partial charge in [-0.3, -0.25) is 0 Å². The topological polar surface area (TPSA) is 0 Å². The third-order valence-corrected chi connectivity index (χ3v) is 4.09. The van der Waals surface area contributed by atoms with Crippen LogP contribution in [0.1, 0.15) is 30.9 Å². The van der Waals surface area contributed by atoms with Gasteiger partial charge in [0.15, 0.2) is 0 Å². The van der Waals surface area contributed by atoms with Crippen LogP contribution in [0.25, 0.3) is 0 Å². The van der Waals surface area contributed by atoms with Crippen LogP contribution in [0, 0.1) is 12.3 Å². The van der Waals surface area contributed by atoms with Crippen molar-refractivity contribution in [3.05, 3.63) is 71.8 Å². The van der Waals surface area contributed by atoms with Gasteiger partial charge < -0.3 is 0 Å². The Morgan fingerprint density at radius 3 is 2.59 bits per heavy atom. The minimum Gasteiger partial charge on any atom is -0.102 e. The summed E-state index contributed by atoms with van der Waals surface area (Å²) in [5.74, 6) is 0.395. The summed E-state index contributed by atoms with van der Waals surface area (Å²) in [6.07, 6.45) is 8.73. The molecule has 0 saturated carbocycles. The lowest BCUT2D eigenvalue weighted by Gasteiger charge is -2.37. The molecule has 0 heterocycles. The van der Waals surface area contributed by atoms with Crippen molar-refractivity contribution in [2.75, 3.05) is 0 Å². The number of hydrogen-bond donors (Lipinski definition) is 0. The Bertz CT molecular complexity index is 491. The molecule has 0 bridgehead atoms. The molecule has 0 fully saturated rings. The van der Waals surface area contributed by atoms with Crippen LogP contribution in [0.5, 0.6) is 0 Å². The van der Waals surface area contributed by atoms with Crippen LogP contribution in [-0.4, -0.2) is 0 Å². The maximum atomic E-state index is 4.04. The standard InChI is InChI=1S/C17H20/c1-5-17(4)14(3)10-8-12-16(17)15-11-7-6-9-13(15)2/h5-12,16H,1H2,2-4H3. The SMILES string of the molecule is C=CC1(C)C(C)=CC=CC1c1ccccc1C. The lowest BCUT2D eigenvalue weighted by Crippen LogP contribution is -2.25. The van der Waals surface area contributed by atoms with Crippen molar-refractivity contribution in [3.8, 4) is 0 Å². The van der Waals surface area contributed by atoms with Gasteiger partial charge in [0.25, 0.3) is 0 Å². The second kappa shape index (κ2) is 4.37. The molecule has 0 N–H and O–H groups in total. The summed E-state index contributed by atoms with van der Waals surface area (Å²) in [6, 6.07) is 8.62. The minimum atomic E-state index is 0.0286. The molecule has 2 rings (SSSR count). The monoisotopic (exact) mass is 224 g/mol. The molecule has 0 spiro atoms. The van der Waals surface area contributed by atoms with Crippen molar-refractivity contribution in [1.29, 1.82) is 0 Å². The zero-order chi connectivity index (χ0) is 12.5. The van der Waals surface area contributed by atoms with Gasteiger partial charge in [-0.15, -0.1) is 6.58 Å². The molecule has 1 aliphatic carbocycles. The smallest absolute Gasteiger partial charge is 0.0164 e. The Kier molecular flexibility index (Phi) is 3.06. The Morgan fingerprint density at radius 2 is 1.94 bits per heavy atom. The molecule has 0 amide bonds. The van der Waals surface area contributed by atoms with E-state index in [0.29, 0.717) is 5.92 Å². The molecule has 2 atom stereocenters. The number of aryl methyl sites for hydroxylation is 1. The Labute approximate surface area is 104 Å². The Balaban J connectivity index is 2.53. The highest BCUT2D eigenvalue weighted by Gasteiger charge is 2.34. The Morgan fingerprint density at radius 1 is 1.24 bits per heavy atom. The van der Waals surface area contributed by atoms with E-state index in [1.807, 2.05) is 0 Å². The van der Waals surface area contributed by atoms with Gasteiger partial charge in [-0.2, -0.15) is 0 Å². The van der Waals surface area contributed by atoms with E-state index in [0.717, 1.165) is 0 Å². The predicted molar refractivity (Wildman–Crippen MR) is 75.1 cm³/mol. The van der Waals surface area contributed by atoms with E-state index < -0.39 is 0 Å². The molecular formula is C17H20. The van der Waals surface area contributed by atoms with E-state index in [4.69, 9.17) is 0 Å². The van der Waals surface area contributed by atoms with Gasteiger partial charge in [-0.1, -0.05) is 61.1 Å². The number of allylic oxidation sites excluding steroid dienone is 5. The van der Waals surface area contributed by atoms with Crippen molar-refractivity contribution < 1.29 is 0 Å². The normalized spacial score (nSPS) is 27.7. The summed E-state index contributed by atoms with van der Waals surface area (Å²) in [6.45, 7) is 10.7. The summed E-state index contributed by atoms with van der Waals surface area (Å²) in [4.78, 5) is 0. The maximum Gasteiger partial charge on any atom is 0.0164 e. The molecule has 0 aliphatic heterocycles. The highest BCUT2D eigenvalue weighted by Crippen LogP contribution is 2.46. The van der Waals surface area contributed by atoms with Gasteiger partial charge in [0.2, 0.25) is 0 Å². The van der Waals surface area contributed by atoms with E-state index in [-0.39, 0.29) is 5.41 Å². The lowest BCUT2D eigenvalue weighted by molar-refractivity contribution is 0.451. The van der Waals surface area contributed by atoms with E-state index >= 15 is 0 Å². The van der Waals surface area contributed by atoms with Crippen molar-refractivity contribution in [2.45, 2.75) is 26.7 Å². The average molecular weight is 224 g/mol.